The second-order valence-electron chi connectivity index (χ2n) is 7.28. The van der Waals surface area contributed by atoms with Gasteiger partial charge in [0.05, 0.1) is 22.5 Å². The summed E-state index contributed by atoms with van der Waals surface area (Å²) in [5.41, 5.74) is 0.506. The van der Waals surface area contributed by atoms with E-state index >= 15 is 0 Å². The number of benzene rings is 2. The number of ether oxygens (including phenoxy) is 1. The minimum atomic E-state index is -3.73. The first kappa shape index (κ1) is 19.7. The number of rotatable bonds is 3. The number of nitrogens with zero attached hydrogens (tertiary/aromatic N) is 2. The quantitative estimate of drug-likeness (QED) is 0.830. The summed E-state index contributed by atoms with van der Waals surface area (Å²) in [6, 6.07) is 11.9. The normalized spacial score (nSPS) is 19.7. The van der Waals surface area contributed by atoms with Gasteiger partial charge in [-0.2, -0.15) is 8.42 Å². The van der Waals surface area contributed by atoms with Gasteiger partial charge in [0.1, 0.15) is 5.82 Å². The van der Waals surface area contributed by atoms with Gasteiger partial charge < -0.3 is 10.1 Å². The molecule has 0 bridgehead atoms. The van der Waals surface area contributed by atoms with Crippen LogP contribution in [0.1, 0.15) is 18.4 Å². The van der Waals surface area contributed by atoms with E-state index in [9.17, 15) is 17.6 Å². The molecule has 7 nitrogen and oxygen atoms in total. The maximum Gasteiger partial charge on any atom is 0.326 e. The summed E-state index contributed by atoms with van der Waals surface area (Å²) in [7, 11) is -0.973. The molecule has 2 heterocycles. The van der Waals surface area contributed by atoms with E-state index in [-0.39, 0.29) is 17.3 Å². The van der Waals surface area contributed by atoms with Crippen molar-refractivity contribution in [2.45, 2.75) is 18.3 Å². The van der Waals surface area contributed by atoms with Crippen molar-refractivity contribution >= 4 is 33.2 Å². The Bertz CT molecular complexity index is 1050. The van der Waals surface area contributed by atoms with Gasteiger partial charge in [-0.3, -0.25) is 13.4 Å². The van der Waals surface area contributed by atoms with Crippen LogP contribution in [0.25, 0.3) is 0 Å². The third kappa shape index (κ3) is 3.05. The van der Waals surface area contributed by atoms with E-state index in [0.717, 1.165) is 20.2 Å². The highest BCUT2D eigenvalue weighted by atomic mass is 32.2. The lowest BCUT2D eigenvalue weighted by Crippen LogP contribution is -2.45. The zero-order chi connectivity index (χ0) is 20.8. The minimum absolute atomic E-state index is 0.0482. The SMILES string of the molecule is CN1c2cc(F)c(NC(=O)C3(c4ccccc4)CCOCC3)cc2N(C)S1(=O)=O. The Labute approximate surface area is 169 Å². The van der Waals surface area contributed by atoms with E-state index in [1.165, 1.54) is 20.2 Å². The average molecular weight is 419 g/mol. The summed E-state index contributed by atoms with van der Waals surface area (Å²) < 4.78 is 46.9. The van der Waals surface area contributed by atoms with Crippen LogP contribution in [0.4, 0.5) is 21.5 Å². The Hall–Kier alpha value is -2.65. The van der Waals surface area contributed by atoms with Crippen LogP contribution in [0.5, 0.6) is 0 Å². The Morgan fingerprint density at radius 3 is 2.28 bits per heavy atom. The first-order chi connectivity index (χ1) is 13.8. The van der Waals surface area contributed by atoms with E-state index in [1.807, 2.05) is 30.3 Å². The molecule has 1 amide bonds. The summed E-state index contributed by atoms with van der Waals surface area (Å²) in [6.07, 6.45) is 0.957. The number of anilines is 3. The molecule has 2 aliphatic heterocycles. The van der Waals surface area contributed by atoms with Crippen molar-refractivity contribution in [2.24, 2.45) is 0 Å². The van der Waals surface area contributed by atoms with Gasteiger partial charge in [0.25, 0.3) is 0 Å². The second kappa shape index (κ2) is 7.00. The van der Waals surface area contributed by atoms with Gasteiger partial charge in [-0.25, -0.2) is 4.39 Å². The first-order valence-corrected chi connectivity index (χ1v) is 10.7. The Morgan fingerprint density at radius 2 is 1.66 bits per heavy atom. The number of fused-ring (bicyclic) bond motifs is 1. The van der Waals surface area contributed by atoms with Crippen molar-refractivity contribution < 1.29 is 22.3 Å². The van der Waals surface area contributed by atoms with Crippen molar-refractivity contribution in [1.82, 2.24) is 0 Å². The van der Waals surface area contributed by atoms with Crippen LogP contribution in [0, 0.1) is 5.82 Å². The number of hydrogen-bond donors (Lipinski definition) is 1. The van der Waals surface area contributed by atoms with Crippen LogP contribution in [0.2, 0.25) is 0 Å². The van der Waals surface area contributed by atoms with Gasteiger partial charge in [0.2, 0.25) is 5.91 Å². The molecule has 1 fully saturated rings. The number of carbonyl (C=O) groups excluding carboxylic acids is 1. The fourth-order valence-electron chi connectivity index (χ4n) is 3.95. The van der Waals surface area contributed by atoms with Crippen molar-refractivity contribution in [1.29, 1.82) is 0 Å². The highest BCUT2D eigenvalue weighted by Crippen LogP contribution is 2.42. The molecule has 0 atom stereocenters. The molecule has 154 valence electrons. The Kier molecular flexibility index (Phi) is 4.74. The van der Waals surface area contributed by atoms with Crippen LogP contribution in [-0.4, -0.2) is 41.6 Å². The van der Waals surface area contributed by atoms with Crippen LogP contribution >= 0.6 is 0 Å². The highest BCUT2D eigenvalue weighted by molar-refractivity contribution is 7.94. The summed E-state index contributed by atoms with van der Waals surface area (Å²) in [5, 5.41) is 2.70. The lowest BCUT2D eigenvalue weighted by Gasteiger charge is -2.36. The molecule has 9 heteroatoms. The van der Waals surface area contributed by atoms with Crippen LogP contribution < -0.4 is 13.9 Å². The number of halogens is 1. The molecule has 2 aliphatic rings. The lowest BCUT2D eigenvalue weighted by atomic mass is 9.73. The average Bonchev–Trinajstić information content (AvgIpc) is 2.89. The minimum Gasteiger partial charge on any atom is -0.381 e. The van der Waals surface area contributed by atoms with Crippen LogP contribution in [0.3, 0.4) is 0 Å². The van der Waals surface area contributed by atoms with Crippen LogP contribution in [0.15, 0.2) is 42.5 Å². The van der Waals surface area contributed by atoms with Gasteiger partial charge in [0.15, 0.2) is 0 Å². The molecule has 0 saturated carbocycles. The zero-order valence-electron chi connectivity index (χ0n) is 16.2. The number of hydrogen-bond acceptors (Lipinski definition) is 4. The molecule has 2 aromatic carbocycles. The number of amides is 1. The van der Waals surface area contributed by atoms with E-state index in [2.05, 4.69) is 5.32 Å². The molecular weight excluding hydrogens is 397 g/mol. The van der Waals surface area contributed by atoms with Crippen molar-refractivity contribution in [3.05, 3.63) is 53.8 Å². The highest BCUT2D eigenvalue weighted by Gasteiger charge is 2.42. The van der Waals surface area contributed by atoms with Crippen molar-refractivity contribution in [2.75, 3.05) is 41.2 Å². The molecule has 0 aromatic heterocycles. The largest absolute Gasteiger partial charge is 0.381 e. The fourth-order valence-corrected chi connectivity index (χ4v) is 5.11. The predicted octanol–water partition coefficient (Wildman–Crippen LogP) is 2.64. The van der Waals surface area contributed by atoms with Gasteiger partial charge in [-0.1, -0.05) is 30.3 Å². The summed E-state index contributed by atoms with van der Waals surface area (Å²) >= 11 is 0. The molecule has 1 saturated heterocycles. The molecule has 0 radical (unpaired) electrons. The molecule has 0 aliphatic carbocycles. The fraction of sp³-hybridized carbons (Fsp3) is 0.350. The van der Waals surface area contributed by atoms with E-state index in [1.54, 1.807) is 0 Å². The maximum absolute atomic E-state index is 14.8. The molecular formula is C20H22FN3O4S. The maximum atomic E-state index is 14.8. The van der Waals surface area contributed by atoms with Gasteiger partial charge in [-0.05, 0) is 24.5 Å². The Balaban J connectivity index is 1.71. The monoisotopic (exact) mass is 419 g/mol. The summed E-state index contributed by atoms with van der Waals surface area (Å²) in [4.78, 5) is 13.3. The third-order valence-electron chi connectivity index (χ3n) is 5.79. The second-order valence-corrected chi connectivity index (χ2v) is 9.27. The van der Waals surface area contributed by atoms with Crippen LogP contribution in [-0.2, 0) is 25.2 Å². The zero-order valence-corrected chi connectivity index (χ0v) is 17.0. The number of nitrogens with one attached hydrogen (secondary N) is 1. The topological polar surface area (TPSA) is 79.0 Å². The molecule has 0 spiro atoms. The molecule has 4 rings (SSSR count). The third-order valence-corrected chi connectivity index (χ3v) is 7.57. The lowest BCUT2D eigenvalue weighted by molar-refractivity contribution is -0.125. The summed E-state index contributed by atoms with van der Waals surface area (Å²) in [6.45, 7) is 0.863. The van der Waals surface area contributed by atoms with Crippen molar-refractivity contribution in [3.63, 3.8) is 0 Å². The van der Waals surface area contributed by atoms with E-state index < -0.39 is 21.4 Å². The first-order valence-electron chi connectivity index (χ1n) is 9.28. The van der Waals surface area contributed by atoms with Gasteiger partial charge >= 0.3 is 10.2 Å². The smallest absolute Gasteiger partial charge is 0.326 e. The molecule has 29 heavy (non-hydrogen) atoms. The van der Waals surface area contributed by atoms with Crippen molar-refractivity contribution in [3.8, 4) is 0 Å². The summed E-state index contributed by atoms with van der Waals surface area (Å²) in [5.74, 6) is -1.02. The Morgan fingerprint density at radius 1 is 1.07 bits per heavy atom. The molecule has 1 N–H and O–H groups in total. The van der Waals surface area contributed by atoms with Gasteiger partial charge in [0, 0.05) is 33.4 Å². The van der Waals surface area contributed by atoms with E-state index in [4.69, 9.17) is 4.74 Å². The molecule has 2 aromatic rings. The van der Waals surface area contributed by atoms with Gasteiger partial charge in [-0.15, -0.1) is 0 Å². The molecule has 0 unspecified atom stereocenters. The number of carbonyl (C=O) groups is 1. The predicted molar refractivity (Wildman–Crippen MR) is 109 cm³/mol. The van der Waals surface area contributed by atoms with E-state index in [0.29, 0.717) is 31.7 Å². The standard InChI is InChI=1S/C20H22FN3O4S/c1-23-17-12-15(21)16(13-18(17)24(2)29(23,26)27)22-19(25)20(8-10-28-11-9-20)14-6-4-3-5-7-14/h3-7,12-13H,8-11H2,1-2H3,(H,22,25).